The highest BCUT2D eigenvalue weighted by Gasteiger charge is 2.28. The molecule has 0 bridgehead atoms. The number of nitrogens with zero attached hydrogens (tertiary/aromatic N) is 1. The van der Waals surface area contributed by atoms with Gasteiger partial charge in [0.2, 0.25) is 0 Å². The lowest BCUT2D eigenvalue weighted by Gasteiger charge is -2.34. The van der Waals surface area contributed by atoms with E-state index in [-0.39, 0.29) is 11.7 Å². The van der Waals surface area contributed by atoms with Crippen LogP contribution in [0.15, 0.2) is 18.2 Å². The summed E-state index contributed by atoms with van der Waals surface area (Å²) < 4.78 is 13.0. The van der Waals surface area contributed by atoms with E-state index in [9.17, 15) is 9.18 Å². The first kappa shape index (κ1) is 13.5. The van der Waals surface area contributed by atoms with Gasteiger partial charge in [0.15, 0.2) is 0 Å². The van der Waals surface area contributed by atoms with E-state index in [2.05, 4.69) is 22.9 Å². The van der Waals surface area contributed by atoms with Crippen LogP contribution in [0.1, 0.15) is 29.3 Å². The van der Waals surface area contributed by atoms with Crippen LogP contribution >= 0.6 is 15.9 Å². The van der Waals surface area contributed by atoms with Crippen molar-refractivity contribution in [3.63, 3.8) is 0 Å². The van der Waals surface area contributed by atoms with Gasteiger partial charge in [0.25, 0.3) is 5.91 Å². The molecule has 2 nitrogen and oxygen atoms in total. The maximum atomic E-state index is 13.0. The zero-order valence-electron chi connectivity index (χ0n) is 10.6. The molecule has 1 aliphatic heterocycles. The Morgan fingerprint density at radius 1 is 1.50 bits per heavy atom. The van der Waals surface area contributed by atoms with Gasteiger partial charge in [0.1, 0.15) is 5.82 Å². The molecule has 1 aromatic rings. The van der Waals surface area contributed by atoms with E-state index in [0.29, 0.717) is 21.9 Å². The van der Waals surface area contributed by atoms with E-state index >= 15 is 0 Å². The Labute approximate surface area is 115 Å². The van der Waals surface area contributed by atoms with Crippen LogP contribution in [-0.4, -0.2) is 28.7 Å². The minimum Gasteiger partial charge on any atom is -0.338 e. The van der Waals surface area contributed by atoms with Gasteiger partial charge in [-0.3, -0.25) is 4.79 Å². The van der Waals surface area contributed by atoms with Crippen LogP contribution in [0.25, 0.3) is 0 Å². The van der Waals surface area contributed by atoms with Gasteiger partial charge in [0, 0.05) is 23.5 Å². The van der Waals surface area contributed by atoms with Gasteiger partial charge in [-0.2, -0.15) is 0 Å². The molecule has 0 radical (unpaired) electrons. The third-order valence-corrected chi connectivity index (χ3v) is 4.87. The van der Waals surface area contributed by atoms with Crippen LogP contribution in [0, 0.1) is 18.7 Å². The molecule has 2 atom stereocenters. The van der Waals surface area contributed by atoms with Gasteiger partial charge in [-0.25, -0.2) is 4.39 Å². The number of benzene rings is 1. The van der Waals surface area contributed by atoms with Crippen LogP contribution in [0.4, 0.5) is 4.39 Å². The average molecular weight is 314 g/mol. The smallest absolute Gasteiger partial charge is 0.254 e. The van der Waals surface area contributed by atoms with E-state index in [1.54, 1.807) is 13.0 Å². The van der Waals surface area contributed by atoms with Gasteiger partial charge >= 0.3 is 0 Å². The summed E-state index contributed by atoms with van der Waals surface area (Å²) in [5.74, 6) is 0.166. The molecule has 1 saturated heterocycles. The van der Waals surface area contributed by atoms with Crippen LogP contribution in [0.2, 0.25) is 0 Å². The van der Waals surface area contributed by atoms with Crippen molar-refractivity contribution in [1.82, 2.24) is 4.90 Å². The van der Waals surface area contributed by atoms with Crippen molar-refractivity contribution >= 4 is 21.8 Å². The second-order valence-electron chi connectivity index (χ2n) is 4.99. The number of hydrogen-bond donors (Lipinski definition) is 0. The Morgan fingerprint density at radius 3 is 2.83 bits per heavy atom. The lowest BCUT2D eigenvalue weighted by molar-refractivity contribution is 0.0689. The number of rotatable bonds is 1. The number of carbonyl (C=O) groups is 1. The third kappa shape index (κ3) is 2.74. The van der Waals surface area contributed by atoms with Crippen molar-refractivity contribution < 1.29 is 9.18 Å². The number of amides is 1. The highest BCUT2D eigenvalue weighted by molar-refractivity contribution is 9.09. The van der Waals surface area contributed by atoms with Gasteiger partial charge in [0.05, 0.1) is 0 Å². The molecule has 2 rings (SSSR count). The van der Waals surface area contributed by atoms with Gasteiger partial charge in [-0.1, -0.05) is 22.9 Å². The minimum atomic E-state index is -0.295. The molecule has 18 heavy (non-hydrogen) atoms. The molecule has 0 saturated carbocycles. The summed E-state index contributed by atoms with van der Waals surface area (Å²) in [6.45, 7) is 5.43. The molecule has 98 valence electrons. The van der Waals surface area contributed by atoms with E-state index < -0.39 is 0 Å². The highest BCUT2D eigenvalue weighted by atomic mass is 79.9. The molecule has 1 aliphatic rings. The Bertz CT molecular complexity index is 463. The fourth-order valence-electron chi connectivity index (χ4n) is 2.34. The van der Waals surface area contributed by atoms with Crippen molar-refractivity contribution in [2.24, 2.45) is 5.92 Å². The van der Waals surface area contributed by atoms with Crippen molar-refractivity contribution in [1.29, 1.82) is 0 Å². The fourth-order valence-corrected chi connectivity index (χ4v) is 2.71. The number of aryl methyl sites for hydroxylation is 1. The van der Waals surface area contributed by atoms with Gasteiger partial charge in [-0.05, 0) is 43.0 Å². The predicted molar refractivity (Wildman–Crippen MR) is 73.5 cm³/mol. The van der Waals surface area contributed by atoms with E-state index in [1.807, 2.05) is 4.90 Å². The molecule has 2 unspecified atom stereocenters. The predicted octanol–water partition coefficient (Wildman–Crippen LogP) is 3.38. The van der Waals surface area contributed by atoms with E-state index in [1.165, 1.54) is 12.1 Å². The number of carbonyl (C=O) groups excluding carboxylic acids is 1. The van der Waals surface area contributed by atoms with Gasteiger partial charge < -0.3 is 4.90 Å². The minimum absolute atomic E-state index is 0.0127. The first-order valence-corrected chi connectivity index (χ1v) is 7.10. The number of halogens is 2. The second-order valence-corrected chi connectivity index (χ2v) is 6.17. The lowest BCUT2D eigenvalue weighted by Crippen LogP contribution is -2.43. The Morgan fingerprint density at radius 2 is 2.22 bits per heavy atom. The Hall–Kier alpha value is -0.900. The Kier molecular flexibility index (Phi) is 4.05. The summed E-state index contributed by atoms with van der Waals surface area (Å²) in [4.78, 5) is 14.7. The molecule has 1 fully saturated rings. The number of alkyl halides is 1. The van der Waals surface area contributed by atoms with Crippen LogP contribution in [0.3, 0.4) is 0 Å². The first-order chi connectivity index (χ1) is 8.49. The molecule has 4 heteroatoms. The van der Waals surface area contributed by atoms with E-state index in [4.69, 9.17) is 0 Å². The third-order valence-electron chi connectivity index (χ3n) is 3.51. The maximum absolute atomic E-state index is 13.0. The number of likely N-dealkylation sites (tertiary alicyclic amines) is 1. The standard InChI is InChI=1S/C14H17BrFNO/c1-9-7-11(16)3-4-12(9)14(18)17-6-5-13(15)10(2)8-17/h3-4,7,10,13H,5-6,8H2,1-2H3. The number of piperidine rings is 1. The first-order valence-electron chi connectivity index (χ1n) is 6.18. The lowest BCUT2D eigenvalue weighted by atomic mass is 9.98. The van der Waals surface area contributed by atoms with Crippen molar-refractivity contribution in [2.45, 2.75) is 25.1 Å². The molecule has 0 N–H and O–H groups in total. The van der Waals surface area contributed by atoms with Crippen LogP contribution in [-0.2, 0) is 0 Å². The maximum Gasteiger partial charge on any atom is 0.254 e. The summed E-state index contributed by atoms with van der Waals surface area (Å²) in [6.07, 6.45) is 0.965. The SMILES string of the molecule is Cc1cc(F)ccc1C(=O)N1CCC(Br)C(C)C1. The monoisotopic (exact) mass is 313 g/mol. The summed E-state index contributed by atoms with van der Waals surface area (Å²) in [5.41, 5.74) is 1.31. The number of hydrogen-bond acceptors (Lipinski definition) is 1. The van der Waals surface area contributed by atoms with Crippen molar-refractivity contribution in [3.05, 3.63) is 35.1 Å². The molecule has 0 spiro atoms. The van der Waals surface area contributed by atoms with Gasteiger partial charge in [-0.15, -0.1) is 0 Å². The van der Waals surface area contributed by atoms with Crippen LogP contribution in [0.5, 0.6) is 0 Å². The second kappa shape index (κ2) is 5.39. The van der Waals surface area contributed by atoms with Crippen molar-refractivity contribution in [3.8, 4) is 0 Å². The van der Waals surface area contributed by atoms with Crippen molar-refractivity contribution in [2.75, 3.05) is 13.1 Å². The zero-order chi connectivity index (χ0) is 13.3. The molecule has 1 heterocycles. The molecule has 0 aromatic heterocycles. The largest absolute Gasteiger partial charge is 0.338 e. The summed E-state index contributed by atoms with van der Waals surface area (Å²) >= 11 is 3.62. The normalized spacial score (nSPS) is 24.1. The molecule has 1 aromatic carbocycles. The van der Waals surface area contributed by atoms with E-state index in [0.717, 1.165) is 19.5 Å². The van der Waals surface area contributed by atoms with Crippen LogP contribution < -0.4 is 0 Å². The molecule has 1 amide bonds. The molecule has 0 aliphatic carbocycles. The quantitative estimate of drug-likeness (QED) is 0.728. The zero-order valence-corrected chi connectivity index (χ0v) is 12.2. The summed E-state index contributed by atoms with van der Waals surface area (Å²) in [5, 5.41) is 0. The average Bonchev–Trinajstić information content (AvgIpc) is 2.32. The summed E-state index contributed by atoms with van der Waals surface area (Å²) in [6, 6.07) is 4.34. The Balaban J connectivity index is 2.16. The highest BCUT2D eigenvalue weighted by Crippen LogP contribution is 2.25. The topological polar surface area (TPSA) is 20.3 Å². The fraction of sp³-hybridized carbons (Fsp3) is 0.500. The molecular weight excluding hydrogens is 297 g/mol. The molecular formula is C14H17BrFNO. The summed E-state index contributed by atoms with van der Waals surface area (Å²) in [7, 11) is 0.